The standard InChI is InChI=1S/C17H19N5S/c1-12-8-14-16(20-11-21-17(14)23-12)19-10-13-4-5-15(18-9-13)22-6-2-3-7-22/h4-5,8-9,11H,2-3,6-7,10H2,1H3,(H,19,20,21). The highest BCUT2D eigenvalue weighted by molar-refractivity contribution is 7.18. The molecule has 1 aliphatic heterocycles. The van der Waals surface area contributed by atoms with Crippen LogP contribution in [0.15, 0.2) is 30.7 Å². The molecule has 0 unspecified atom stereocenters. The normalized spacial score (nSPS) is 14.6. The van der Waals surface area contributed by atoms with Gasteiger partial charge in [-0.25, -0.2) is 15.0 Å². The number of thiophene rings is 1. The third-order valence-electron chi connectivity index (χ3n) is 4.15. The van der Waals surface area contributed by atoms with Crippen LogP contribution in [0.25, 0.3) is 10.2 Å². The van der Waals surface area contributed by atoms with Gasteiger partial charge in [-0.15, -0.1) is 11.3 Å². The van der Waals surface area contributed by atoms with Crippen molar-refractivity contribution in [2.45, 2.75) is 26.3 Å². The molecule has 1 fully saturated rings. The van der Waals surface area contributed by atoms with E-state index in [0.717, 1.165) is 40.5 Å². The van der Waals surface area contributed by atoms with Gasteiger partial charge < -0.3 is 10.2 Å². The van der Waals surface area contributed by atoms with Gasteiger partial charge in [-0.1, -0.05) is 6.07 Å². The first-order valence-corrected chi connectivity index (χ1v) is 8.76. The Morgan fingerprint density at radius 1 is 1.17 bits per heavy atom. The number of nitrogens with one attached hydrogen (secondary N) is 1. The predicted molar refractivity (Wildman–Crippen MR) is 95.2 cm³/mol. The van der Waals surface area contributed by atoms with E-state index in [0.29, 0.717) is 6.54 Å². The van der Waals surface area contributed by atoms with E-state index in [1.54, 1.807) is 17.7 Å². The predicted octanol–water partition coefficient (Wildman–Crippen LogP) is 3.61. The minimum atomic E-state index is 0.717. The molecule has 0 spiro atoms. The molecular formula is C17H19N5S. The van der Waals surface area contributed by atoms with Crippen LogP contribution in [0.3, 0.4) is 0 Å². The highest BCUT2D eigenvalue weighted by atomic mass is 32.1. The second-order valence-electron chi connectivity index (χ2n) is 5.87. The molecule has 0 bridgehead atoms. The van der Waals surface area contributed by atoms with E-state index in [4.69, 9.17) is 0 Å². The molecule has 0 amide bonds. The van der Waals surface area contributed by atoms with Gasteiger partial charge in [-0.3, -0.25) is 0 Å². The van der Waals surface area contributed by atoms with Crippen molar-refractivity contribution in [2.75, 3.05) is 23.3 Å². The minimum Gasteiger partial charge on any atom is -0.365 e. The molecule has 0 aromatic carbocycles. The second-order valence-corrected chi connectivity index (χ2v) is 7.11. The van der Waals surface area contributed by atoms with Gasteiger partial charge in [0.15, 0.2) is 0 Å². The Kier molecular flexibility index (Phi) is 3.83. The van der Waals surface area contributed by atoms with Crippen LogP contribution in [-0.4, -0.2) is 28.0 Å². The molecule has 3 aromatic rings. The fourth-order valence-electron chi connectivity index (χ4n) is 2.96. The Hall–Kier alpha value is -2.21. The maximum atomic E-state index is 4.59. The van der Waals surface area contributed by atoms with Crippen LogP contribution in [0.5, 0.6) is 0 Å². The number of pyridine rings is 1. The summed E-state index contributed by atoms with van der Waals surface area (Å²) in [7, 11) is 0. The van der Waals surface area contributed by atoms with E-state index in [2.05, 4.69) is 50.3 Å². The number of nitrogens with zero attached hydrogens (tertiary/aromatic N) is 4. The Labute approximate surface area is 139 Å². The molecule has 1 aliphatic rings. The van der Waals surface area contributed by atoms with Crippen LogP contribution in [0.1, 0.15) is 23.3 Å². The summed E-state index contributed by atoms with van der Waals surface area (Å²) in [4.78, 5) is 17.9. The fourth-order valence-corrected chi connectivity index (χ4v) is 3.80. The van der Waals surface area contributed by atoms with Crippen molar-refractivity contribution in [3.63, 3.8) is 0 Å². The molecule has 4 heterocycles. The lowest BCUT2D eigenvalue weighted by atomic mass is 10.2. The third-order valence-corrected chi connectivity index (χ3v) is 5.11. The van der Waals surface area contributed by atoms with Crippen molar-refractivity contribution in [3.05, 3.63) is 41.2 Å². The topological polar surface area (TPSA) is 53.9 Å². The lowest BCUT2D eigenvalue weighted by Crippen LogP contribution is -2.18. The molecule has 0 aliphatic carbocycles. The van der Waals surface area contributed by atoms with Crippen LogP contribution >= 0.6 is 11.3 Å². The Morgan fingerprint density at radius 2 is 2.04 bits per heavy atom. The molecule has 6 heteroatoms. The summed E-state index contributed by atoms with van der Waals surface area (Å²) in [5.74, 6) is 1.98. The Morgan fingerprint density at radius 3 is 2.83 bits per heavy atom. The number of aromatic nitrogens is 3. The van der Waals surface area contributed by atoms with Gasteiger partial charge in [0.2, 0.25) is 0 Å². The maximum Gasteiger partial charge on any atom is 0.138 e. The molecular weight excluding hydrogens is 306 g/mol. The quantitative estimate of drug-likeness (QED) is 0.794. The lowest BCUT2D eigenvalue weighted by Gasteiger charge is -2.16. The summed E-state index contributed by atoms with van der Waals surface area (Å²) in [5.41, 5.74) is 1.16. The first-order chi connectivity index (χ1) is 11.3. The van der Waals surface area contributed by atoms with E-state index in [9.17, 15) is 0 Å². The number of rotatable bonds is 4. The summed E-state index contributed by atoms with van der Waals surface area (Å²) in [6.07, 6.45) is 6.12. The van der Waals surface area contributed by atoms with E-state index in [1.165, 1.54) is 17.7 Å². The van der Waals surface area contributed by atoms with E-state index >= 15 is 0 Å². The van der Waals surface area contributed by atoms with Gasteiger partial charge >= 0.3 is 0 Å². The van der Waals surface area contributed by atoms with Gasteiger partial charge in [0.1, 0.15) is 22.8 Å². The van der Waals surface area contributed by atoms with Crippen molar-refractivity contribution in [2.24, 2.45) is 0 Å². The van der Waals surface area contributed by atoms with Crippen LogP contribution in [0.2, 0.25) is 0 Å². The van der Waals surface area contributed by atoms with Crippen molar-refractivity contribution >= 4 is 33.2 Å². The number of hydrogen-bond donors (Lipinski definition) is 1. The van der Waals surface area contributed by atoms with Gasteiger partial charge in [0, 0.05) is 30.7 Å². The van der Waals surface area contributed by atoms with Gasteiger partial charge in [0.05, 0.1) is 5.39 Å². The number of fused-ring (bicyclic) bond motifs is 1. The van der Waals surface area contributed by atoms with E-state index in [1.807, 2.05) is 6.20 Å². The largest absolute Gasteiger partial charge is 0.365 e. The average Bonchev–Trinajstić information content (AvgIpc) is 3.22. The molecule has 3 aromatic heterocycles. The van der Waals surface area contributed by atoms with Gasteiger partial charge in [-0.2, -0.15) is 0 Å². The molecule has 5 nitrogen and oxygen atoms in total. The zero-order valence-electron chi connectivity index (χ0n) is 13.1. The molecule has 0 atom stereocenters. The summed E-state index contributed by atoms with van der Waals surface area (Å²) in [6.45, 7) is 5.06. The highest BCUT2D eigenvalue weighted by Crippen LogP contribution is 2.27. The summed E-state index contributed by atoms with van der Waals surface area (Å²) < 4.78 is 0. The summed E-state index contributed by atoms with van der Waals surface area (Å²) >= 11 is 1.70. The zero-order valence-corrected chi connectivity index (χ0v) is 13.9. The van der Waals surface area contributed by atoms with Gasteiger partial charge in [-0.05, 0) is 37.5 Å². The SMILES string of the molecule is Cc1cc2c(NCc3ccc(N4CCCC4)nc3)ncnc2s1. The first-order valence-electron chi connectivity index (χ1n) is 7.94. The van der Waals surface area contributed by atoms with Crippen molar-refractivity contribution < 1.29 is 0 Å². The zero-order chi connectivity index (χ0) is 15.6. The van der Waals surface area contributed by atoms with E-state index in [-0.39, 0.29) is 0 Å². The number of hydrogen-bond acceptors (Lipinski definition) is 6. The lowest BCUT2D eigenvalue weighted by molar-refractivity contribution is 0.932. The average molecular weight is 325 g/mol. The van der Waals surface area contributed by atoms with Crippen LogP contribution in [0, 0.1) is 6.92 Å². The maximum absolute atomic E-state index is 4.59. The minimum absolute atomic E-state index is 0.717. The second kappa shape index (κ2) is 6.12. The molecule has 4 rings (SSSR count). The van der Waals surface area contributed by atoms with Crippen molar-refractivity contribution in [3.8, 4) is 0 Å². The van der Waals surface area contributed by atoms with Crippen molar-refractivity contribution in [1.82, 2.24) is 15.0 Å². The van der Waals surface area contributed by atoms with Crippen LogP contribution in [0.4, 0.5) is 11.6 Å². The fraction of sp³-hybridized carbons (Fsp3) is 0.353. The number of anilines is 2. The van der Waals surface area contributed by atoms with Crippen LogP contribution in [-0.2, 0) is 6.54 Å². The molecule has 1 N–H and O–H groups in total. The molecule has 1 saturated heterocycles. The van der Waals surface area contributed by atoms with Gasteiger partial charge in [0.25, 0.3) is 0 Å². The molecule has 0 saturated carbocycles. The third kappa shape index (κ3) is 2.99. The molecule has 0 radical (unpaired) electrons. The number of aryl methyl sites for hydroxylation is 1. The molecule has 23 heavy (non-hydrogen) atoms. The molecule has 118 valence electrons. The Bertz CT molecular complexity index is 805. The Balaban J connectivity index is 1.47. The highest BCUT2D eigenvalue weighted by Gasteiger charge is 2.13. The van der Waals surface area contributed by atoms with E-state index < -0.39 is 0 Å². The summed E-state index contributed by atoms with van der Waals surface area (Å²) in [5, 5.41) is 4.50. The smallest absolute Gasteiger partial charge is 0.138 e. The van der Waals surface area contributed by atoms with Crippen molar-refractivity contribution in [1.29, 1.82) is 0 Å². The van der Waals surface area contributed by atoms with Crippen LogP contribution < -0.4 is 10.2 Å². The monoisotopic (exact) mass is 325 g/mol. The summed E-state index contributed by atoms with van der Waals surface area (Å²) in [6, 6.07) is 6.40. The first kappa shape index (κ1) is 14.4.